The molecule has 1 atom stereocenters. The maximum Gasteiger partial charge on any atom is 0.119 e. The van der Waals surface area contributed by atoms with E-state index < -0.39 is 0 Å². The first-order valence-corrected chi connectivity index (χ1v) is 5.68. The summed E-state index contributed by atoms with van der Waals surface area (Å²) in [7, 11) is 0. The molecular formula is C13H20O2. The van der Waals surface area contributed by atoms with Crippen molar-refractivity contribution in [2.75, 3.05) is 6.61 Å². The van der Waals surface area contributed by atoms with Gasteiger partial charge >= 0.3 is 0 Å². The van der Waals surface area contributed by atoms with Gasteiger partial charge in [0.15, 0.2) is 0 Å². The van der Waals surface area contributed by atoms with Gasteiger partial charge in [0.05, 0.1) is 12.7 Å². The van der Waals surface area contributed by atoms with Crippen LogP contribution in [-0.2, 0) is 0 Å². The number of rotatable bonds is 6. The molecular weight excluding hydrogens is 188 g/mol. The molecule has 1 N–H and O–H groups in total. The number of hydrogen-bond acceptors (Lipinski definition) is 2. The van der Waals surface area contributed by atoms with Crippen LogP contribution < -0.4 is 4.74 Å². The Morgan fingerprint density at radius 3 is 2.40 bits per heavy atom. The van der Waals surface area contributed by atoms with Gasteiger partial charge in [0.25, 0.3) is 0 Å². The van der Waals surface area contributed by atoms with Crippen LogP contribution in [0.15, 0.2) is 24.3 Å². The molecule has 0 saturated heterocycles. The summed E-state index contributed by atoms with van der Waals surface area (Å²) in [6.45, 7) is 4.77. The van der Waals surface area contributed by atoms with Crippen molar-refractivity contribution in [1.82, 2.24) is 0 Å². The Balaban J connectivity index is 2.54. The topological polar surface area (TPSA) is 29.5 Å². The van der Waals surface area contributed by atoms with Crippen LogP contribution in [0, 0.1) is 0 Å². The highest BCUT2D eigenvalue weighted by Crippen LogP contribution is 2.21. The van der Waals surface area contributed by atoms with Gasteiger partial charge in [-0.1, -0.05) is 31.9 Å². The van der Waals surface area contributed by atoms with Crippen molar-refractivity contribution in [2.45, 2.75) is 39.2 Å². The number of benzene rings is 1. The molecule has 1 aromatic carbocycles. The van der Waals surface area contributed by atoms with Crippen molar-refractivity contribution in [3.8, 4) is 5.75 Å². The van der Waals surface area contributed by atoms with Crippen molar-refractivity contribution in [1.29, 1.82) is 0 Å². The van der Waals surface area contributed by atoms with Crippen LogP contribution in [0.3, 0.4) is 0 Å². The van der Waals surface area contributed by atoms with Crippen LogP contribution in [0.5, 0.6) is 5.75 Å². The van der Waals surface area contributed by atoms with Gasteiger partial charge in [-0.25, -0.2) is 0 Å². The summed E-state index contributed by atoms with van der Waals surface area (Å²) in [5.41, 5.74) is 0.979. The molecule has 0 spiro atoms. The van der Waals surface area contributed by atoms with E-state index in [0.29, 0.717) is 6.61 Å². The molecule has 1 rings (SSSR count). The van der Waals surface area contributed by atoms with Gasteiger partial charge in [-0.3, -0.25) is 0 Å². The summed E-state index contributed by atoms with van der Waals surface area (Å²) in [6.07, 6.45) is 2.69. The molecule has 0 aliphatic carbocycles. The van der Waals surface area contributed by atoms with E-state index in [2.05, 4.69) is 6.92 Å². The second-order valence-electron chi connectivity index (χ2n) is 3.66. The highest BCUT2D eigenvalue weighted by Gasteiger charge is 2.06. The van der Waals surface area contributed by atoms with Gasteiger partial charge in [-0.2, -0.15) is 0 Å². The van der Waals surface area contributed by atoms with Gasteiger partial charge in [0, 0.05) is 0 Å². The fraction of sp³-hybridized carbons (Fsp3) is 0.538. The van der Waals surface area contributed by atoms with Crippen LogP contribution in [-0.4, -0.2) is 11.7 Å². The van der Waals surface area contributed by atoms with Gasteiger partial charge in [0.2, 0.25) is 0 Å². The Hall–Kier alpha value is -1.02. The number of ether oxygens (including phenoxy) is 1. The Bertz CT molecular complexity index is 266. The molecule has 15 heavy (non-hydrogen) atoms. The zero-order valence-corrected chi connectivity index (χ0v) is 9.57. The predicted octanol–water partition coefficient (Wildman–Crippen LogP) is 3.31. The minimum absolute atomic E-state index is 0.333. The number of aliphatic hydroxyl groups is 1. The van der Waals surface area contributed by atoms with Crippen molar-refractivity contribution in [2.24, 2.45) is 0 Å². The normalized spacial score (nSPS) is 12.5. The third-order valence-corrected chi connectivity index (χ3v) is 2.41. The Labute approximate surface area is 91.9 Å². The maximum absolute atomic E-state index is 9.83. The Morgan fingerprint density at radius 1 is 1.20 bits per heavy atom. The first-order valence-electron chi connectivity index (χ1n) is 5.68. The smallest absolute Gasteiger partial charge is 0.119 e. The van der Waals surface area contributed by atoms with Crippen molar-refractivity contribution >= 4 is 0 Å². The third-order valence-electron chi connectivity index (χ3n) is 2.41. The highest BCUT2D eigenvalue weighted by molar-refractivity contribution is 5.28. The first-order chi connectivity index (χ1) is 7.27. The molecule has 0 radical (unpaired) electrons. The lowest BCUT2D eigenvalue weighted by Crippen LogP contribution is -1.97. The molecule has 0 aromatic heterocycles. The maximum atomic E-state index is 9.83. The Kier molecular flexibility index (Phi) is 5.19. The van der Waals surface area contributed by atoms with Gasteiger partial charge in [-0.05, 0) is 31.0 Å². The summed E-state index contributed by atoms with van der Waals surface area (Å²) in [5.74, 6) is 0.865. The first kappa shape index (κ1) is 12.1. The van der Waals surface area contributed by atoms with Crippen LogP contribution in [0.25, 0.3) is 0 Å². The minimum Gasteiger partial charge on any atom is -0.494 e. The number of unbranched alkanes of at least 4 members (excludes halogenated alkanes) is 1. The fourth-order valence-electron chi connectivity index (χ4n) is 1.52. The van der Waals surface area contributed by atoms with E-state index >= 15 is 0 Å². The molecule has 0 aliphatic rings. The summed E-state index contributed by atoms with van der Waals surface area (Å²) in [4.78, 5) is 0. The average Bonchev–Trinajstić information content (AvgIpc) is 2.27. The van der Waals surface area contributed by atoms with E-state index in [1.165, 1.54) is 0 Å². The SMILES string of the molecule is CCCCC(O)c1ccc(OCC)cc1. The molecule has 2 nitrogen and oxygen atoms in total. The zero-order chi connectivity index (χ0) is 11.1. The standard InChI is InChI=1S/C13H20O2/c1-3-5-6-13(14)11-7-9-12(10-8-11)15-4-2/h7-10,13-14H,3-6H2,1-2H3. The van der Waals surface area contributed by atoms with E-state index in [1.54, 1.807) is 0 Å². The van der Waals surface area contributed by atoms with Gasteiger partial charge in [-0.15, -0.1) is 0 Å². The van der Waals surface area contributed by atoms with Crippen molar-refractivity contribution < 1.29 is 9.84 Å². The van der Waals surface area contributed by atoms with Crippen LogP contribution in [0.4, 0.5) is 0 Å². The van der Waals surface area contributed by atoms with E-state index in [-0.39, 0.29) is 6.10 Å². The van der Waals surface area contributed by atoms with Gasteiger partial charge < -0.3 is 9.84 Å². The lowest BCUT2D eigenvalue weighted by atomic mass is 10.0. The van der Waals surface area contributed by atoms with Crippen LogP contribution >= 0.6 is 0 Å². The second-order valence-corrected chi connectivity index (χ2v) is 3.66. The number of hydrogen-bond donors (Lipinski definition) is 1. The molecule has 1 unspecified atom stereocenters. The molecule has 2 heteroatoms. The molecule has 0 amide bonds. The lowest BCUT2D eigenvalue weighted by Gasteiger charge is -2.11. The van der Waals surface area contributed by atoms with Crippen LogP contribution in [0.2, 0.25) is 0 Å². The van der Waals surface area contributed by atoms with Crippen LogP contribution in [0.1, 0.15) is 44.8 Å². The van der Waals surface area contributed by atoms with Gasteiger partial charge in [0.1, 0.15) is 5.75 Å². The quantitative estimate of drug-likeness (QED) is 0.777. The van der Waals surface area contributed by atoms with Crippen molar-refractivity contribution in [3.05, 3.63) is 29.8 Å². The largest absolute Gasteiger partial charge is 0.494 e. The molecule has 84 valence electrons. The third kappa shape index (κ3) is 3.92. The average molecular weight is 208 g/mol. The summed E-state index contributed by atoms with van der Waals surface area (Å²) < 4.78 is 5.34. The monoisotopic (exact) mass is 208 g/mol. The van der Waals surface area contributed by atoms with E-state index in [0.717, 1.165) is 30.6 Å². The lowest BCUT2D eigenvalue weighted by molar-refractivity contribution is 0.164. The zero-order valence-electron chi connectivity index (χ0n) is 9.57. The van der Waals surface area contributed by atoms with E-state index in [9.17, 15) is 5.11 Å². The second kappa shape index (κ2) is 6.46. The molecule has 0 heterocycles. The predicted molar refractivity (Wildman–Crippen MR) is 62.1 cm³/mol. The van der Waals surface area contributed by atoms with Crippen molar-refractivity contribution in [3.63, 3.8) is 0 Å². The van der Waals surface area contributed by atoms with E-state index in [1.807, 2.05) is 31.2 Å². The highest BCUT2D eigenvalue weighted by atomic mass is 16.5. The summed E-state index contributed by atoms with van der Waals surface area (Å²) in [5, 5.41) is 9.83. The molecule has 1 aromatic rings. The van der Waals surface area contributed by atoms with E-state index in [4.69, 9.17) is 4.74 Å². The summed E-state index contributed by atoms with van der Waals surface area (Å²) in [6, 6.07) is 7.69. The molecule has 0 bridgehead atoms. The molecule has 0 saturated carbocycles. The molecule has 0 fully saturated rings. The number of aliphatic hydroxyl groups excluding tert-OH is 1. The molecule has 0 aliphatic heterocycles. The minimum atomic E-state index is -0.333. The Morgan fingerprint density at radius 2 is 1.87 bits per heavy atom. The fourth-order valence-corrected chi connectivity index (χ4v) is 1.52. The summed E-state index contributed by atoms with van der Waals surface area (Å²) >= 11 is 0.